The zero-order chi connectivity index (χ0) is 15.0. The minimum atomic E-state index is -3.66. The highest BCUT2D eigenvalue weighted by molar-refractivity contribution is 7.89. The molecule has 0 bridgehead atoms. The first-order valence-corrected chi connectivity index (χ1v) is 7.72. The summed E-state index contributed by atoms with van der Waals surface area (Å²) in [5, 5.41) is 2.99. The number of rotatable bonds is 9. The Morgan fingerprint density at radius 1 is 1.50 bits per heavy atom. The molecule has 0 aliphatic carbocycles. The lowest BCUT2D eigenvalue weighted by molar-refractivity contribution is 0.198. The van der Waals surface area contributed by atoms with Crippen molar-refractivity contribution in [2.24, 2.45) is 0 Å². The van der Waals surface area contributed by atoms with Crippen molar-refractivity contribution in [2.45, 2.75) is 18.6 Å². The summed E-state index contributed by atoms with van der Waals surface area (Å²) in [7, 11) is -2.04. The monoisotopic (exact) mass is 300 g/mol. The number of nitrogens with one attached hydrogen (secondary N) is 1. The third-order valence-electron chi connectivity index (χ3n) is 2.63. The Hall–Kier alpha value is -1.33. The van der Waals surface area contributed by atoms with Crippen LogP contribution in [0.15, 0.2) is 21.6 Å². The number of hydrogen-bond donors (Lipinski definition) is 1. The number of furan rings is 1. The van der Waals surface area contributed by atoms with Gasteiger partial charge in [0.05, 0.1) is 19.7 Å². The van der Waals surface area contributed by atoms with Crippen LogP contribution >= 0.6 is 0 Å². The van der Waals surface area contributed by atoms with E-state index in [0.29, 0.717) is 32.0 Å². The molecule has 0 aliphatic heterocycles. The van der Waals surface area contributed by atoms with E-state index in [1.807, 2.05) is 0 Å². The van der Waals surface area contributed by atoms with Crippen LogP contribution in [0.25, 0.3) is 0 Å². The Kier molecular flexibility index (Phi) is 6.75. The fourth-order valence-corrected chi connectivity index (χ4v) is 2.86. The summed E-state index contributed by atoms with van der Waals surface area (Å²) in [6.45, 7) is 3.75. The van der Waals surface area contributed by atoms with E-state index in [4.69, 9.17) is 15.6 Å². The molecular formula is C13H20N2O4S. The maximum Gasteiger partial charge on any atom is 0.277 e. The highest BCUT2D eigenvalue weighted by Crippen LogP contribution is 2.18. The van der Waals surface area contributed by atoms with Crippen LogP contribution in [0.5, 0.6) is 0 Å². The summed E-state index contributed by atoms with van der Waals surface area (Å²) in [6.07, 6.45) is 5.17. The van der Waals surface area contributed by atoms with E-state index in [9.17, 15) is 8.42 Å². The van der Waals surface area contributed by atoms with Crippen LogP contribution in [-0.2, 0) is 21.3 Å². The molecule has 0 aromatic carbocycles. The lowest BCUT2D eigenvalue weighted by Crippen LogP contribution is -2.31. The molecule has 0 fully saturated rings. The van der Waals surface area contributed by atoms with Crippen LogP contribution in [0.2, 0.25) is 0 Å². The Morgan fingerprint density at radius 2 is 2.25 bits per heavy atom. The van der Waals surface area contributed by atoms with E-state index in [1.165, 1.54) is 10.4 Å². The molecule has 0 atom stereocenters. The molecule has 112 valence electrons. The van der Waals surface area contributed by atoms with Crippen molar-refractivity contribution < 1.29 is 17.6 Å². The highest BCUT2D eigenvalue weighted by Gasteiger charge is 2.25. The number of ether oxygens (including phenoxy) is 1. The number of hydrogen-bond acceptors (Lipinski definition) is 5. The Morgan fingerprint density at radius 3 is 2.85 bits per heavy atom. The van der Waals surface area contributed by atoms with Gasteiger partial charge in [0.2, 0.25) is 5.09 Å². The first-order chi connectivity index (χ1) is 9.56. The topological polar surface area (TPSA) is 71.8 Å². The number of sulfonamides is 1. The zero-order valence-electron chi connectivity index (χ0n) is 11.8. The molecule has 0 unspecified atom stereocenters. The third-order valence-corrected chi connectivity index (χ3v) is 4.43. The van der Waals surface area contributed by atoms with E-state index in [0.717, 1.165) is 0 Å². The minimum absolute atomic E-state index is 0.0287. The number of nitrogens with zero attached hydrogens (tertiary/aromatic N) is 1. The summed E-state index contributed by atoms with van der Waals surface area (Å²) in [4.78, 5) is 0. The van der Waals surface area contributed by atoms with Gasteiger partial charge in [-0.3, -0.25) is 0 Å². The van der Waals surface area contributed by atoms with Gasteiger partial charge < -0.3 is 14.5 Å². The molecule has 0 saturated carbocycles. The molecule has 0 radical (unpaired) electrons. The largest absolute Gasteiger partial charge is 0.447 e. The summed E-state index contributed by atoms with van der Waals surface area (Å²) in [6, 6.07) is 3.08. The van der Waals surface area contributed by atoms with Gasteiger partial charge in [0.15, 0.2) is 0 Å². The van der Waals surface area contributed by atoms with Crippen molar-refractivity contribution in [3.63, 3.8) is 0 Å². The zero-order valence-corrected chi connectivity index (χ0v) is 12.6. The lowest BCUT2D eigenvalue weighted by Gasteiger charge is -2.15. The van der Waals surface area contributed by atoms with Crippen molar-refractivity contribution in [1.29, 1.82) is 0 Å². The van der Waals surface area contributed by atoms with Gasteiger partial charge in [0, 0.05) is 20.2 Å². The van der Waals surface area contributed by atoms with Gasteiger partial charge in [-0.15, -0.1) is 6.42 Å². The smallest absolute Gasteiger partial charge is 0.277 e. The van der Waals surface area contributed by atoms with Crippen LogP contribution in [0.4, 0.5) is 0 Å². The van der Waals surface area contributed by atoms with E-state index in [2.05, 4.69) is 11.2 Å². The van der Waals surface area contributed by atoms with Crippen molar-refractivity contribution in [3.05, 3.63) is 17.9 Å². The average Bonchev–Trinajstić information content (AvgIpc) is 2.90. The van der Waals surface area contributed by atoms with Crippen LogP contribution in [-0.4, -0.2) is 46.1 Å². The first-order valence-electron chi connectivity index (χ1n) is 6.28. The second-order valence-electron chi connectivity index (χ2n) is 4.03. The van der Waals surface area contributed by atoms with Gasteiger partial charge in [0.25, 0.3) is 10.0 Å². The van der Waals surface area contributed by atoms with Crippen LogP contribution in [0.3, 0.4) is 0 Å². The van der Waals surface area contributed by atoms with Crippen molar-refractivity contribution in [2.75, 3.05) is 33.4 Å². The summed E-state index contributed by atoms with van der Waals surface area (Å²) in [5.74, 6) is 2.88. The van der Waals surface area contributed by atoms with Gasteiger partial charge in [-0.25, -0.2) is 8.42 Å². The molecule has 0 spiro atoms. The van der Waals surface area contributed by atoms with Gasteiger partial charge in [-0.05, 0) is 12.1 Å². The number of terminal acetylenes is 1. The molecule has 0 amide bonds. The average molecular weight is 300 g/mol. The second kappa shape index (κ2) is 8.07. The third kappa shape index (κ3) is 4.35. The van der Waals surface area contributed by atoms with Crippen molar-refractivity contribution in [1.82, 2.24) is 9.62 Å². The van der Waals surface area contributed by atoms with E-state index in [-0.39, 0.29) is 11.6 Å². The fraction of sp³-hybridized carbons (Fsp3) is 0.538. The molecule has 0 saturated heterocycles. The minimum Gasteiger partial charge on any atom is -0.447 e. The second-order valence-corrected chi connectivity index (χ2v) is 5.89. The summed E-state index contributed by atoms with van der Waals surface area (Å²) < 4.78 is 35.9. The lowest BCUT2D eigenvalue weighted by atomic mass is 10.4. The van der Waals surface area contributed by atoms with Crippen molar-refractivity contribution in [3.8, 4) is 12.3 Å². The van der Waals surface area contributed by atoms with Gasteiger partial charge in [-0.2, -0.15) is 4.31 Å². The van der Waals surface area contributed by atoms with E-state index < -0.39 is 10.0 Å². The van der Waals surface area contributed by atoms with E-state index in [1.54, 1.807) is 20.1 Å². The summed E-state index contributed by atoms with van der Waals surface area (Å²) in [5.41, 5.74) is 0. The number of methoxy groups -OCH3 is 1. The molecular weight excluding hydrogens is 280 g/mol. The Bertz CT molecular complexity index is 545. The standard InChI is InChI=1S/C13H20N2O4S/c1-4-9-15(5-2)20(16,17)13-7-6-12(19-13)11-14-8-10-18-3/h1,6-7,14H,5,8-11H2,2-3H3. The van der Waals surface area contributed by atoms with Crippen LogP contribution < -0.4 is 5.32 Å². The van der Waals surface area contributed by atoms with Crippen LogP contribution in [0.1, 0.15) is 12.7 Å². The molecule has 1 heterocycles. The van der Waals surface area contributed by atoms with E-state index >= 15 is 0 Å². The molecule has 7 heteroatoms. The van der Waals surface area contributed by atoms with Crippen LogP contribution in [0, 0.1) is 12.3 Å². The Labute approximate surface area is 120 Å². The molecule has 1 rings (SSSR count). The Balaban J connectivity index is 2.72. The summed E-state index contributed by atoms with van der Waals surface area (Å²) >= 11 is 0. The van der Waals surface area contributed by atoms with Crippen molar-refractivity contribution >= 4 is 10.0 Å². The molecule has 1 N–H and O–H groups in total. The predicted molar refractivity (Wildman–Crippen MR) is 75.6 cm³/mol. The first kappa shape index (κ1) is 16.7. The highest BCUT2D eigenvalue weighted by atomic mass is 32.2. The maximum absolute atomic E-state index is 12.2. The predicted octanol–water partition coefficient (Wildman–Crippen LogP) is 0.659. The molecule has 1 aromatic rings. The van der Waals surface area contributed by atoms with Gasteiger partial charge in [-0.1, -0.05) is 12.8 Å². The SMILES string of the molecule is C#CCN(CC)S(=O)(=O)c1ccc(CNCCOC)o1. The van der Waals surface area contributed by atoms with Gasteiger partial charge >= 0.3 is 0 Å². The fourth-order valence-electron chi connectivity index (χ4n) is 1.57. The quantitative estimate of drug-likeness (QED) is 0.536. The molecule has 1 aromatic heterocycles. The maximum atomic E-state index is 12.2. The van der Waals surface area contributed by atoms with Gasteiger partial charge in [0.1, 0.15) is 5.76 Å². The normalized spacial score (nSPS) is 11.7. The molecule has 20 heavy (non-hydrogen) atoms. The molecule has 6 nitrogen and oxygen atoms in total. The molecule has 0 aliphatic rings.